The number of piperidine rings is 1. The summed E-state index contributed by atoms with van der Waals surface area (Å²) in [6, 6.07) is 3.50. The molecule has 33 heavy (non-hydrogen) atoms. The lowest BCUT2D eigenvalue weighted by molar-refractivity contribution is -0.149. The van der Waals surface area contributed by atoms with Gasteiger partial charge in [0.15, 0.2) is 0 Å². The number of amides is 1. The van der Waals surface area contributed by atoms with Crippen LogP contribution in [-0.4, -0.2) is 48.0 Å². The SMILES string of the molecule is CCOC(=O)C1CCN(Cc2ccc(C(=O)NCC3C4CC5CC(C4)CC3C5)c(=O)[nH]2)CC1. The molecule has 7 nitrogen and oxygen atoms in total. The van der Waals surface area contributed by atoms with Crippen LogP contribution < -0.4 is 10.9 Å². The first-order chi connectivity index (χ1) is 16.0. The van der Waals surface area contributed by atoms with E-state index in [4.69, 9.17) is 4.74 Å². The van der Waals surface area contributed by atoms with Crippen LogP contribution in [-0.2, 0) is 16.1 Å². The number of carbonyl (C=O) groups excluding carboxylic acids is 2. The molecule has 0 atom stereocenters. The highest BCUT2D eigenvalue weighted by atomic mass is 16.5. The minimum Gasteiger partial charge on any atom is -0.466 e. The first kappa shape index (κ1) is 22.6. The van der Waals surface area contributed by atoms with Gasteiger partial charge in [-0.3, -0.25) is 19.3 Å². The van der Waals surface area contributed by atoms with Crippen LogP contribution in [0.2, 0.25) is 0 Å². The molecule has 5 fully saturated rings. The van der Waals surface area contributed by atoms with Crippen molar-refractivity contribution in [3.05, 3.63) is 33.7 Å². The quantitative estimate of drug-likeness (QED) is 0.617. The van der Waals surface area contributed by atoms with Gasteiger partial charge in [-0.15, -0.1) is 0 Å². The molecule has 4 bridgehead atoms. The van der Waals surface area contributed by atoms with E-state index >= 15 is 0 Å². The highest BCUT2D eigenvalue weighted by molar-refractivity contribution is 5.93. The van der Waals surface area contributed by atoms with Crippen molar-refractivity contribution in [1.82, 2.24) is 15.2 Å². The van der Waals surface area contributed by atoms with Crippen molar-refractivity contribution in [1.29, 1.82) is 0 Å². The number of hydrogen-bond acceptors (Lipinski definition) is 5. The number of H-pyrrole nitrogens is 1. The maximum atomic E-state index is 12.8. The molecular formula is C26H37N3O4. The number of esters is 1. The second-order valence-electron chi connectivity index (χ2n) is 10.8. The monoisotopic (exact) mass is 455 g/mol. The van der Waals surface area contributed by atoms with E-state index in [0.29, 0.717) is 25.6 Å². The van der Waals surface area contributed by atoms with Crippen LogP contribution in [0.4, 0.5) is 0 Å². The van der Waals surface area contributed by atoms with Crippen LogP contribution in [0.5, 0.6) is 0 Å². The first-order valence-electron chi connectivity index (χ1n) is 12.9. The molecule has 2 N–H and O–H groups in total. The average molecular weight is 456 g/mol. The minimum absolute atomic E-state index is 0.0270. The van der Waals surface area contributed by atoms with Crippen LogP contribution in [0.25, 0.3) is 0 Å². The van der Waals surface area contributed by atoms with E-state index < -0.39 is 0 Å². The Balaban J connectivity index is 1.12. The number of hydrogen-bond donors (Lipinski definition) is 2. The predicted octanol–water partition coefficient (Wildman–Crippen LogP) is 2.95. The number of aromatic nitrogens is 1. The summed E-state index contributed by atoms with van der Waals surface area (Å²) in [5, 5.41) is 3.08. The van der Waals surface area contributed by atoms with Gasteiger partial charge >= 0.3 is 5.97 Å². The van der Waals surface area contributed by atoms with Gasteiger partial charge in [0.2, 0.25) is 0 Å². The lowest BCUT2D eigenvalue weighted by Crippen LogP contribution is -2.49. The third-order valence-corrected chi connectivity index (χ3v) is 8.74. The molecule has 4 saturated carbocycles. The largest absolute Gasteiger partial charge is 0.466 e. The molecule has 4 aliphatic carbocycles. The van der Waals surface area contributed by atoms with Crippen molar-refractivity contribution in [3.8, 4) is 0 Å². The molecule has 1 aliphatic heterocycles. The number of ether oxygens (including phenoxy) is 1. The third kappa shape index (κ3) is 4.88. The van der Waals surface area contributed by atoms with Gasteiger partial charge in [-0.25, -0.2) is 0 Å². The topological polar surface area (TPSA) is 91.5 Å². The van der Waals surface area contributed by atoms with Crippen molar-refractivity contribution in [3.63, 3.8) is 0 Å². The Bertz CT molecular complexity index is 906. The fourth-order valence-corrected chi connectivity index (χ4v) is 7.29. The van der Waals surface area contributed by atoms with Gasteiger partial charge in [-0.05, 0) is 107 Å². The molecule has 0 spiro atoms. The molecule has 7 heteroatoms. The maximum Gasteiger partial charge on any atom is 0.309 e. The van der Waals surface area contributed by atoms with E-state index in [0.717, 1.165) is 55.3 Å². The average Bonchev–Trinajstić information content (AvgIpc) is 2.79. The van der Waals surface area contributed by atoms with Crippen LogP contribution in [0.1, 0.15) is 67.9 Å². The van der Waals surface area contributed by atoms with Crippen LogP contribution in [0, 0.1) is 35.5 Å². The van der Waals surface area contributed by atoms with Gasteiger partial charge in [0, 0.05) is 18.8 Å². The number of carbonyl (C=O) groups is 2. The molecule has 2 heterocycles. The first-order valence-corrected chi connectivity index (χ1v) is 12.9. The van der Waals surface area contributed by atoms with E-state index in [1.54, 1.807) is 6.07 Å². The molecule has 1 aromatic heterocycles. The van der Waals surface area contributed by atoms with Gasteiger partial charge in [-0.1, -0.05) is 0 Å². The second-order valence-corrected chi connectivity index (χ2v) is 10.8. The zero-order chi connectivity index (χ0) is 22.9. The zero-order valence-corrected chi connectivity index (χ0v) is 19.7. The summed E-state index contributed by atoms with van der Waals surface area (Å²) in [6.45, 7) is 5.14. The highest BCUT2D eigenvalue weighted by Gasteiger charge is 2.47. The predicted molar refractivity (Wildman–Crippen MR) is 125 cm³/mol. The minimum atomic E-state index is -0.323. The standard InChI is InChI=1S/C26H37N3O4/c1-2-33-26(32)18-5-7-29(8-6-18)15-21-3-4-22(25(31)28-21)24(30)27-14-23-19-10-16-9-17(12-19)13-20(23)11-16/h3-4,16-20,23H,2,5-15H2,1H3,(H,27,30)(H,28,31). The molecule has 1 aromatic rings. The Labute approximate surface area is 195 Å². The van der Waals surface area contributed by atoms with Gasteiger partial charge < -0.3 is 15.0 Å². The summed E-state index contributed by atoms with van der Waals surface area (Å²) in [7, 11) is 0. The number of pyridine rings is 1. The molecule has 5 aliphatic rings. The Morgan fingerprint density at radius 3 is 2.33 bits per heavy atom. The molecule has 180 valence electrons. The second kappa shape index (κ2) is 9.61. The summed E-state index contributed by atoms with van der Waals surface area (Å²) in [5.74, 6) is 3.56. The Kier molecular flexibility index (Phi) is 6.59. The van der Waals surface area contributed by atoms with E-state index in [-0.39, 0.29) is 28.9 Å². The smallest absolute Gasteiger partial charge is 0.309 e. The van der Waals surface area contributed by atoms with E-state index in [1.165, 1.54) is 32.1 Å². The van der Waals surface area contributed by atoms with Crippen molar-refractivity contribution >= 4 is 11.9 Å². The molecule has 6 rings (SSSR count). The highest BCUT2D eigenvalue weighted by Crippen LogP contribution is 2.56. The van der Waals surface area contributed by atoms with Gasteiger partial charge in [0.25, 0.3) is 11.5 Å². The van der Waals surface area contributed by atoms with E-state index in [9.17, 15) is 14.4 Å². The number of likely N-dealkylation sites (tertiary alicyclic amines) is 1. The normalized spacial score (nSPS) is 31.5. The molecule has 0 unspecified atom stereocenters. The lowest BCUT2D eigenvalue weighted by atomic mass is 9.52. The lowest BCUT2D eigenvalue weighted by Gasteiger charge is -2.54. The number of aromatic amines is 1. The molecule has 1 saturated heterocycles. The van der Waals surface area contributed by atoms with Gasteiger partial charge in [-0.2, -0.15) is 0 Å². The zero-order valence-electron chi connectivity index (χ0n) is 19.7. The van der Waals surface area contributed by atoms with Gasteiger partial charge in [0.05, 0.1) is 12.5 Å². The summed E-state index contributed by atoms with van der Waals surface area (Å²) >= 11 is 0. The number of nitrogens with zero attached hydrogens (tertiary/aromatic N) is 1. The summed E-state index contributed by atoms with van der Waals surface area (Å²) in [6.07, 6.45) is 8.30. The van der Waals surface area contributed by atoms with Crippen molar-refractivity contribution in [2.45, 2.75) is 58.4 Å². The van der Waals surface area contributed by atoms with E-state index in [2.05, 4.69) is 15.2 Å². The van der Waals surface area contributed by atoms with Crippen LogP contribution in [0.3, 0.4) is 0 Å². The Morgan fingerprint density at radius 2 is 1.73 bits per heavy atom. The summed E-state index contributed by atoms with van der Waals surface area (Å²) < 4.78 is 5.13. The third-order valence-electron chi connectivity index (χ3n) is 8.74. The number of nitrogens with one attached hydrogen (secondary N) is 2. The summed E-state index contributed by atoms with van der Waals surface area (Å²) in [4.78, 5) is 42.4. The van der Waals surface area contributed by atoms with Crippen molar-refractivity contribution in [2.75, 3.05) is 26.2 Å². The maximum absolute atomic E-state index is 12.8. The molecular weight excluding hydrogens is 418 g/mol. The molecule has 0 radical (unpaired) electrons. The van der Waals surface area contributed by atoms with Crippen LogP contribution in [0.15, 0.2) is 16.9 Å². The molecule has 1 amide bonds. The Morgan fingerprint density at radius 1 is 1.06 bits per heavy atom. The van der Waals surface area contributed by atoms with E-state index in [1.807, 2.05) is 13.0 Å². The number of rotatable bonds is 7. The van der Waals surface area contributed by atoms with Gasteiger partial charge in [0.1, 0.15) is 5.56 Å². The van der Waals surface area contributed by atoms with Crippen molar-refractivity contribution in [2.24, 2.45) is 35.5 Å². The fourth-order valence-electron chi connectivity index (χ4n) is 7.29. The Hall–Kier alpha value is -2.15. The van der Waals surface area contributed by atoms with Crippen molar-refractivity contribution < 1.29 is 14.3 Å². The summed E-state index contributed by atoms with van der Waals surface area (Å²) in [5.41, 5.74) is 0.673. The fraction of sp³-hybridized carbons (Fsp3) is 0.731. The molecule has 0 aromatic carbocycles. The van der Waals surface area contributed by atoms with Crippen LogP contribution >= 0.6 is 0 Å².